The highest BCUT2D eigenvalue weighted by atomic mass is 35.5. The van der Waals surface area contributed by atoms with Crippen LogP contribution < -0.4 is 10.0 Å². The number of nitrogens with one attached hydrogen (secondary N) is 2. The molecule has 1 fully saturated rings. The Morgan fingerprint density at radius 3 is 2.44 bits per heavy atom. The molecule has 154 valence electrons. The van der Waals surface area contributed by atoms with Crippen molar-refractivity contribution < 1.29 is 26.5 Å². The van der Waals surface area contributed by atoms with E-state index in [0.29, 0.717) is 18.7 Å². The van der Waals surface area contributed by atoms with Gasteiger partial charge in [-0.25, -0.2) is 13.1 Å². The number of rotatable bonds is 6. The van der Waals surface area contributed by atoms with E-state index in [9.17, 15) is 31.7 Å². The molecule has 1 saturated heterocycles. The highest BCUT2D eigenvalue weighted by molar-refractivity contribution is 7.89. The predicted molar refractivity (Wildman–Crippen MR) is 94.6 cm³/mol. The molecule has 2 rings (SSSR count). The van der Waals surface area contributed by atoms with Gasteiger partial charge in [-0.1, -0.05) is 6.07 Å². The van der Waals surface area contributed by atoms with E-state index in [1.807, 2.05) is 4.72 Å². The molecule has 0 aliphatic carbocycles. The molecule has 8 nitrogen and oxygen atoms in total. The first-order chi connectivity index (χ1) is 12.0. The molecule has 1 unspecified atom stereocenters. The first-order valence-electron chi connectivity index (χ1n) is 7.78. The van der Waals surface area contributed by atoms with Crippen molar-refractivity contribution in [2.45, 2.75) is 24.0 Å². The Hall–Kier alpha value is -1.47. The second-order valence-electron chi connectivity index (χ2n) is 5.92. The molecule has 1 aliphatic rings. The lowest BCUT2D eigenvalue weighted by Crippen LogP contribution is -2.57. The summed E-state index contributed by atoms with van der Waals surface area (Å²) in [6, 6.07) is 1.41. The molecule has 0 saturated carbocycles. The molecule has 0 aromatic heterocycles. The van der Waals surface area contributed by atoms with Crippen molar-refractivity contribution in [2.75, 3.05) is 32.7 Å². The van der Waals surface area contributed by atoms with Gasteiger partial charge in [-0.15, -0.1) is 12.4 Å². The monoisotopic (exact) mass is 432 g/mol. The number of nitro groups is 1. The van der Waals surface area contributed by atoms with Gasteiger partial charge >= 0.3 is 6.18 Å². The minimum absolute atomic E-state index is 0. The van der Waals surface area contributed by atoms with E-state index in [1.54, 1.807) is 6.92 Å². The molecule has 1 aromatic rings. The number of hydrogen-bond acceptors (Lipinski definition) is 6. The van der Waals surface area contributed by atoms with Gasteiger partial charge in [0.05, 0.1) is 4.92 Å². The van der Waals surface area contributed by atoms with Gasteiger partial charge in [0.25, 0.3) is 5.69 Å². The molecule has 1 aromatic carbocycles. The smallest absolute Gasteiger partial charge is 0.314 e. The van der Waals surface area contributed by atoms with Gasteiger partial charge in [0.15, 0.2) is 4.90 Å². The van der Waals surface area contributed by atoms with Crippen molar-refractivity contribution in [1.29, 1.82) is 0 Å². The number of benzene rings is 1. The molecule has 1 aliphatic heterocycles. The molecular formula is C14H20ClF3N4O4S. The zero-order valence-electron chi connectivity index (χ0n) is 14.3. The number of nitrogens with zero attached hydrogens (tertiary/aromatic N) is 2. The minimum Gasteiger partial charge on any atom is -0.314 e. The molecule has 0 radical (unpaired) electrons. The second kappa shape index (κ2) is 9.15. The number of piperazine rings is 1. The summed E-state index contributed by atoms with van der Waals surface area (Å²) in [6.07, 6.45) is -4.64. The van der Waals surface area contributed by atoms with Gasteiger partial charge < -0.3 is 5.32 Å². The fraction of sp³-hybridized carbons (Fsp3) is 0.571. The Labute approximate surface area is 160 Å². The maximum absolute atomic E-state index is 13.3. The van der Waals surface area contributed by atoms with E-state index in [-0.39, 0.29) is 25.5 Å². The summed E-state index contributed by atoms with van der Waals surface area (Å²) in [6.45, 7) is 1.59. The summed E-state index contributed by atoms with van der Waals surface area (Å²) >= 11 is 0. The van der Waals surface area contributed by atoms with E-state index in [4.69, 9.17) is 0 Å². The summed E-state index contributed by atoms with van der Waals surface area (Å²) in [5, 5.41) is 14.0. The molecule has 27 heavy (non-hydrogen) atoms. The predicted octanol–water partition coefficient (Wildman–Crippen LogP) is 1.44. The molecule has 0 amide bonds. The van der Waals surface area contributed by atoms with Crippen molar-refractivity contribution in [3.63, 3.8) is 0 Å². The number of hydrogen-bond donors (Lipinski definition) is 2. The maximum atomic E-state index is 13.3. The van der Waals surface area contributed by atoms with Crippen LogP contribution in [0.1, 0.15) is 5.56 Å². The van der Waals surface area contributed by atoms with Gasteiger partial charge in [0.2, 0.25) is 10.0 Å². The number of alkyl halides is 3. The van der Waals surface area contributed by atoms with Crippen LogP contribution in [-0.2, 0) is 10.0 Å². The van der Waals surface area contributed by atoms with Gasteiger partial charge in [-0.2, -0.15) is 13.2 Å². The number of sulfonamides is 1. The standard InChI is InChI=1S/C14H19F3N4O4S.ClH/c1-10-2-3-12(11(8-10)21(22)23)26(24,25)19-9-13(14(15,16)17)20-6-4-18-5-7-20;/h2-3,8,13,18-19H,4-7,9H2,1H3;1H. The molecule has 0 bridgehead atoms. The fourth-order valence-corrected chi connectivity index (χ4v) is 3.90. The lowest BCUT2D eigenvalue weighted by Gasteiger charge is -2.35. The lowest BCUT2D eigenvalue weighted by molar-refractivity contribution is -0.387. The average molecular weight is 433 g/mol. The molecule has 13 heteroatoms. The van der Waals surface area contributed by atoms with E-state index < -0.39 is 44.3 Å². The van der Waals surface area contributed by atoms with Crippen molar-refractivity contribution in [1.82, 2.24) is 14.9 Å². The summed E-state index contributed by atoms with van der Waals surface area (Å²) in [5.74, 6) is 0. The van der Waals surface area contributed by atoms with E-state index in [0.717, 1.165) is 17.0 Å². The highest BCUT2D eigenvalue weighted by Gasteiger charge is 2.44. The van der Waals surface area contributed by atoms with Crippen LogP contribution in [-0.4, -0.2) is 63.2 Å². The third-order valence-electron chi connectivity index (χ3n) is 4.04. The summed E-state index contributed by atoms with van der Waals surface area (Å²) in [4.78, 5) is 10.7. The SMILES string of the molecule is Cc1ccc(S(=O)(=O)NCC(N2CCNCC2)C(F)(F)F)c([N+](=O)[O-])c1.Cl. The van der Waals surface area contributed by atoms with Gasteiger partial charge in [-0.3, -0.25) is 15.0 Å². The Morgan fingerprint density at radius 1 is 1.33 bits per heavy atom. The summed E-state index contributed by atoms with van der Waals surface area (Å²) < 4.78 is 66.6. The Balaban J connectivity index is 0.00000364. The van der Waals surface area contributed by atoms with Crippen LogP contribution in [0.5, 0.6) is 0 Å². The normalized spacial score (nSPS) is 17.2. The number of halogens is 4. The van der Waals surface area contributed by atoms with E-state index in [1.165, 1.54) is 6.07 Å². The Morgan fingerprint density at radius 2 is 1.93 bits per heavy atom. The van der Waals surface area contributed by atoms with Crippen molar-refractivity contribution in [3.05, 3.63) is 33.9 Å². The molecule has 1 heterocycles. The third kappa shape index (κ3) is 6.01. The van der Waals surface area contributed by atoms with Gasteiger partial charge in [0.1, 0.15) is 6.04 Å². The topological polar surface area (TPSA) is 105 Å². The average Bonchev–Trinajstić information content (AvgIpc) is 2.54. The Kier molecular flexibility index (Phi) is 7.99. The highest BCUT2D eigenvalue weighted by Crippen LogP contribution is 2.27. The maximum Gasteiger partial charge on any atom is 0.405 e. The lowest BCUT2D eigenvalue weighted by atomic mass is 10.2. The second-order valence-corrected chi connectivity index (χ2v) is 7.66. The van der Waals surface area contributed by atoms with Crippen LogP contribution in [0.15, 0.2) is 23.1 Å². The van der Waals surface area contributed by atoms with Crippen LogP contribution in [0.3, 0.4) is 0 Å². The minimum atomic E-state index is -4.64. The van der Waals surface area contributed by atoms with Crippen LogP contribution in [0.25, 0.3) is 0 Å². The molecular weight excluding hydrogens is 413 g/mol. The first kappa shape index (κ1) is 23.6. The van der Waals surface area contributed by atoms with E-state index in [2.05, 4.69) is 5.32 Å². The largest absolute Gasteiger partial charge is 0.405 e. The molecule has 2 N–H and O–H groups in total. The number of aryl methyl sites for hydroxylation is 1. The zero-order valence-corrected chi connectivity index (χ0v) is 16.0. The third-order valence-corrected chi connectivity index (χ3v) is 5.51. The number of nitro benzene ring substituents is 1. The van der Waals surface area contributed by atoms with Crippen molar-refractivity contribution in [3.8, 4) is 0 Å². The molecule has 0 spiro atoms. The van der Waals surface area contributed by atoms with Gasteiger partial charge in [0, 0.05) is 38.8 Å². The van der Waals surface area contributed by atoms with Crippen LogP contribution in [0, 0.1) is 17.0 Å². The molecule has 1 atom stereocenters. The quantitative estimate of drug-likeness (QED) is 0.520. The Bertz CT molecular complexity index is 770. The fourth-order valence-electron chi connectivity index (χ4n) is 2.71. The van der Waals surface area contributed by atoms with Crippen LogP contribution in [0.4, 0.5) is 18.9 Å². The van der Waals surface area contributed by atoms with Crippen molar-refractivity contribution >= 4 is 28.1 Å². The summed E-state index contributed by atoms with van der Waals surface area (Å²) in [7, 11) is -4.48. The van der Waals surface area contributed by atoms with Gasteiger partial charge in [-0.05, 0) is 18.6 Å². The van der Waals surface area contributed by atoms with Crippen molar-refractivity contribution in [2.24, 2.45) is 0 Å². The van der Waals surface area contributed by atoms with Crippen LogP contribution >= 0.6 is 12.4 Å². The zero-order chi connectivity index (χ0) is 19.5. The first-order valence-corrected chi connectivity index (χ1v) is 9.27. The van der Waals surface area contributed by atoms with Crippen LogP contribution in [0.2, 0.25) is 0 Å². The van der Waals surface area contributed by atoms with E-state index >= 15 is 0 Å². The summed E-state index contributed by atoms with van der Waals surface area (Å²) in [5.41, 5.74) is -0.215.